The molecule has 3 heterocycles. The normalized spacial score (nSPS) is 10.9. The van der Waals surface area contributed by atoms with Crippen molar-refractivity contribution in [1.29, 1.82) is 0 Å². The fourth-order valence-corrected chi connectivity index (χ4v) is 6.40. The largest absolute Gasteiger partial charge is 0.465 e. The van der Waals surface area contributed by atoms with E-state index in [1.54, 1.807) is 6.92 Å². The number of anilines is 1. The predicted molar refractivity (Wildman–Crippen MR) is 147 cm³/mol. The molecule has 0 aliphatic carbocycles. The zero-order valence-corrected chi connectivity index (χ0v) is 23.6. The van der Waals surface area contributed by atoms with Gasteiger partial charge in [0.05, 0.1) is 31.5 Å². The fourth-order valence-electron chi connectivity index (χ4n) is 3.91. The van der Waals surface area contributed by atoms with Crippen LogP contribution in [0.5, 0.6) is 0 Å². The standard InChI is InChI=1S/C25H22BrN3O6S2/c1-5-15-18(13-6-8-14(26)9-7-13)19-21(36-15)27-11-29(23(19)31)10-16(30)28-22-17(24(32)34-3)12(2)20(37-22)25(33)35-4/h6-9,11H,5,10H2,1-4H3,(H,28,30). The van der Waals surface area contributed by atoms with Gasteiger partial charge in [-0.25, -0.2) is 14.6 Å². The van der Waals surface area contributed by atoms with Crippen molar-refractivity contribution in [3.8, 4) is 11.1 Å². The van der Waals surface area contributed by atoms with Crippen LogP contribution in [0.3, 0.4) is 0 Å². The lowest BCUT2D eigenvalue weighted by atomic mass is 10.0. The molecule has 0 aliphatic rings. The molecule has 0 aliphatic heterocycles. The molecule has 0 bridgehead atoms. The van der Waals surface area contributed by atoms with Crippen LogP contribution in [0.15, 0.2) is 39.9 Å². The molecule has 0 radical (unpaired) electrons. The quantitative estimate of drug-likeness (QED) is 0.294. The minimum absolute atomic E-state index is 0.0603. The van der Waals surface area contributed by atoms with Crippen LogP contribution in [0.25, 0.3) is 21.3 Å². The molecular weight excluding hydrogens is 582 g/mol. The van der Waals surface area contributed by atoms with Gasteiger partial charge in [-0.05, 0) is 36.6 Å². The second kappa shape index (κ2) is 11.0. The maximum atomic E-state index is 13.5. The first kappa shape index (κ1) is 26.7. The summed E-state index contributed by atoms with van der Waals surface area (Å²) in [5, 5.41) is 3.23. The van der Waals surface area contributed by atoms with E-state index < -0.39 is 17.8 Å². The minimum atomic E-state index is -0.705. The summed E-state index contributed by atoms with van der Waals surface area (Å²) in [6, 6.07) is 7.68. The minimum Gasteiger partial charge on any atom is -0.465 e. The van der Waals surface area contributed by atoms with E-state index in [1.165, 1.54) is 36.5 Å². The van der Waals surface area contributed by atoms with E-state index in [-0.39, 0.29) is 27.5 Å². The number of hydrogen-bond donors (Lipinski definition) is 1. The summed E-state index contributed by atoms with van der Waals surface area (Å²) in [5.74, 6) is -1.91. The van der Waals surface area contributed by atoms with Gasteiger partial charge in [0.25, 0.3) is 5.56 Å². The summed E-state index contributed by atoms with van der Waals surface area (Å²) in [4.78, 5) is 57.2. The lowest BCUT2D eigenvalue weighted by Gasteiger charge is -2.09. The van der Waals surface area contributed by atoms with E-state index in [9.17, 15) is 19.2 Å². The van der Waals surface area contributed by atoms with Gasteiger partial charge in [-0.3, -0.25) is 14.2 Å². The molecule has 37 heavy (non-hydrogen) atoms. The molecule has 12 heteroatoms. The molecule has 0 spiro atoms. The van der Waals surface area contributed by atoms with Crippen LogP contribution in [-0.4, -0.2) is 41.6 Å². The molecule has 0 atom stereocenters. The number of benzene rings is 1. The maximum absolute atomic E-state index is 13.5. The molecule has 3 aromatic heterocycles. The van der Waals surface area contributed by atoms with Gasteiger partial charge >= 0.3 is 11.9 Å². The molecular formula is C25H22BrN3O6S2. The molecule has 0 saturated heterocycles. The first-order valence-corrected chi connectivity index (χ1v) is 13.5. The Labute approximate surface area is 228 Å². The summed E-state index contributed by atoms with van der Waals surface area (Å²) < 4.78 is 11.7. The first-order valence-electron chi connectivity index (χ1n) is 11.1. The molecule has 0 fully saturated rings. The van der Waals surface area contributed by atoms with Crippen LogP contribution < -0.4 is 10.9 Å². The van der Waals surface area contributed by atoms with Crippen molar-refractivity contribution in [2.75, 3.05) is 19.5 Å². The van der Waals surface area contributed by atoms with E-state index in [1.807, 2.05) is 31.2 Å². The maximum Gasteiger partial charge on any atom is 0.348 e. The number of nitrogens with one attached hydrogen (secondary N) is 1. The molecule has 0 saturated carbocycles. The number of ether oxygens (including phenoxy) is 2. The van der Waals surface area contributed by atoms with Gasteiger partial charge in [0.1, 0.15) is 21.3 Å². The first-order chi connectivity index (χ1) is 17.7. The zero-order chi connectivity index (χ0) is 26.9. The lowest BCUT2D eigenvalue weighted by molar-refractivity contribution is -0.116. The van der Waals surface area contributed by atoms with Crippen molar-refractivity contribution in [1.82, 2.24) is 9.55 Å². The summed E-state index contributed by atoms with van der Waals surface area (Å²) in [6.45, 7) is 3.24. The van der Waals surface area contributed by atoms with Gasteiger partial charge in [0.15, 0.2) is 0 Å². The van der Waals surface area contributed by atoms with Crippen LogP contribution in [0.2, 0.25) is 0 Å². The van der Waals surface area contributed by atoms with Crippen molar-refractivity contribution in [2.24, 2.45) is 0 Å². The monoisotopic (exact) mass is 603 g/mol. The Morgan fingerprint density at radius 2 is 1.76 bits per heavy atom. The van der Waals surface area contributed by atoms with Crippen LogP contribution in [-0.2, 0) is 27.2 Å². The number of nitrogens with zero attached hydrogens (tertiary/aromatic N) is 2. The number of aromatic nitrogens is 2. The number of carbonyl (C=O) groups is 3. The average molecular weight is 605 g/mol. The smallest absolute Gasteiger partial charge is 0.348 e. The number of halogens is 1. The van der Waals surface area contributed by atoms with E-state index in [2.05, 4.69) is 26.2 Å². The van der Waals surface area contributed by atoms with Gasteiger partial charge in [-0.2, -0.15) is 0 Å². The van der Waals surface area contributed by atoms with E-state index in [4.69, 9.17) is 9.47 Å². The van der Waals surface area contributed by atoms with E-state index in [0.29, 0.717) is 15.8 Å². The molecule has 4 aromatic rings. The number of rotatable bonds is 7. The summed E-state index contributed by atoms with van der Waals surface area (Å²) in [6.07, 6.45) is 2.06. The number of thiophene rings is 2. The number of esters is 2. The Balaban J connectivity index is 1.71. The van der Waals surface area contributed by atoms with Crippen LogP contribution >= 0.6 is 38.6 Å². The Hall–Kier alpha value is -3.35. The highest BCUT2D eigenvalue weighted by molar-refractivity contribution is 9.10. The number of fused-ring (bicyclic) bond motifs is 1. The Morgan fingerprint density at radius 1 is 1.08 bits per heavy atom. The Kier molecular flexibility index (Phi) is 7.90. The number of aryl methyl sites for hydroxylation is 1. The van der Waals surface area contributed by atoms with Crippen molar-refractivity contribution < 1.29 is 23.9 Å². The van der Waals surface area contributed by atoms with Crippen molar-refractivity contribution in [3.05, 3.63) is 66.3 Å². The topological polar surface area (TPSA) is 117 Å². The predicted octanol–water partition coefficient (Wildman–Crippen LogP) is 5.03. The molecule has 4 rings (SSSR count). The molecule has 9 nitrogen and oxygen atoms in total. The van der Waals surface area contributed by atoms with Crippen LogP contribution in [0.4, 0.5) is 5.00 Å². The van der Waals surface area contributed by atoms with Crippen molar-refractivity contribution >= 4 is 71.7 Å². The van der Waals surface area contributed by atoms with Gasteiger partial charge < -0.3 is 14.8 Å². The number of amides is 1. The average Bonchev–Trinajstić information content (AvgIpc) is 3.43. The third-order valence-corrected chi connectivity index (χ3v) is 8.64. The SMILES string of the molecule is CCc1sc2ncn(CC(=O)Nc3sc(C(=O)OC)c(C)c3C(=O)OC)c(=O)c2c1-c1ccc(Br)cc1. The van der Waals surface area contributed by atoms with Gasteiger partial charge in [0.2, 0.25) is 5.91 Å². The van der Waals surface area contributed by atoms with E-state index in [0.717, 1.165) is 38.2 Å². The number of hydrogen-bond acceptors (Lipinski definition) is 9. The highest BCUT2D eigenvalue weighted by Crippen LogP contribution is 2.37. The molecule has 1 N–H and O–H groups in total. The molecule has 0 unspecified atom stereocenters. The van der Waals surface area contributed by atoms with Crippen molar-refractivity contribution in [3.63, 3.8) is 0 Å². The second-order valence-electron chi connectivity index (χ2n) is 7.91. The molecule has 192 valence electrons. The van der Waals surface area contributed by atoms with Gasteiger partial charge in [-0.15, -0.1) is 22.7 Å². The Bertz CT molecular complexity index is 1590. The third kappa shape index (κ3) is 5.09. The summed E-state index contributed by atoms with van der Waals surface area (Å²) in [5.41, 5.74) is 1.75. The summed E-state index contributed by atoms with van der Waals surface area (Å²) >= 11 is 5.79. The van der Waals surface area contributed by atoms with E-state index >= 15 is 0 Å². The lowest BCUT2D eigenvalue weighted by Crippen LogP contribution is -2.28. The number of methoxy groups -OCH3 is 2. The fraction of sp³-hybridized carbons (Fsp3) is 0.240. The highest BCUT2D eigenvalue weighted by atomic mass is 79.9. The van der Waals surface area contributed by atoms with Crippen molar-refractivity contribution in [2.45, 2.75) is 26.8 Å². The van der Waals surface area contributed by atoms with Crippen LogP contribution in [0.1, 0.15) is 37.4 Å². The third-order valence-electron chi connectivity index (χ3n) is 5.68. The van der Waals surface area contributed by atoms with Crippen LogP contribution in [0, 0.1) is 6.92 Å². The Morgan fingerprint density at radius 3 is 2.38 bits per heavy atom. The molecule has 1 aromatic carbocycles. The summed E-state index contributed by atoms with van der Waals surface area (Å²) in [7, 11) is 2.43. The van der Waals surface area contributed by atoms with Gasteiger partial charge in [-0.1, -0.05) is 35.0 Å². The zero-order valence-electron chi connectivity index (χ0n) is 20.3. The highest BCUT2D eigenvalue weighted by Gasteiger charge is 2.27. The van der Waals surface area contributed by atoms with Gasteiger partial charge in [0, 0.05) is 14.9 Å². The number of carbonyl (C=O) groups excluding carboxylic acids is 3. The second-order valence-corrected chi connectivity index (χ2v) is 10.9. The molecule has 1 amide bonds.